The molecule has 0 saturated heterocycles. The summed E-state index contributed by atoms with van der Waals surface area (Å²) in [4.78, 5) is 12.4. The summed E-state index contributed by atoms with van der Waals surface area (Å²) in [6.07, 6.45) is 1.99. The molecule has 0 atom stereocenters. The molecule has 19 heavy (non-hydrogen) atoms. The van der Waals surface area contributed by atoms with E-state index in [0.29, 0.717) is 20.6 Å². The quantitative estimate of drug-likeness (QED) is 0.943. The van der Waals surface area contributed by atoms with E-state index in [0.717, 1.165) is 12.8 Å². The molecule has 1 aliphatic carbocycles. The van der Waals surface area contributed by atoms with E-state index in [1.54, 1.807) is 22.8 Å². The number of nitriles is 1. The van der Waals surface area contributed by atoms with Crippen LogP contribution >= 0.6 is 23.4 Å². The van der Waals surface area contributed by atoms with Gasteiger partial charge in [0.25, 0.3) is 0 Å². The highest BCUT2D eigenvalue weighted by Gasteiger charge is 2.29. The van der Waals surface area contributed by atoms with Gasteiger partial charge in [-0.25, -0.2) is 9.89 Å². The van der Waals surface area contributed by atoms with Crippen molar-refractivity contribution in [1.29, 1.82) is 5.26 Å². The van der Waals surface area contributed by atoms with Crippen molar-refractivity contribution in [2.24, 2.45) is 0 Å². The molecule has 0 unspecified atom stereocenters. The lowest BCUT2D eigenvalue weighted by atomic mass is 10.2. The van der Waals surface area contributed by atoms with Gasteiger partial charge in [0.05, 0.1) is 10.6 Å². The lowest BCUT2D eigenvalue weighted by molar-refractivity contribution is 0.642. The van der Waals surface area contributed by atoms with Crippen LogP contribution in [0.1, 0.15) is 24.4 Å². The Bertz CT molecular complexity index is 726. The predicted octanol–water partition coefficient (Wildman–Crippen LogP) is 2.58. The van der Waals surface area contributed by atoms with Gasteiger partial charge in [-0.05, 0) is 36.7 Å². The number of aromatic amines is 1. The first-order valence-corrected chi connectivity index (χ1v) is 6.93. The molecule has 0 aliphatic heterocycles. The second-order valence-corrected chi connectivity index (χ2v) is 5.66. The van der Waals surface area contributed by atoms with Crippen molar-refractivity contribution in [3.8, 4) is 6.07 Å². The van der Waals surface area contributed by atoms with Gasteiger partial charge in [0, 0.05) is 10.9 Å². The zero-order valence-corrected chi connectivity index (χ0v) is 11.3. The first-order valence-electron chi connectivity index (χ1n) is 5.74. The fourth-order valence-corrected chi connectivity index (χ4v) is 3.11. The zero-order valence-electron chi connectivity index (χ0n) is 9.76. The molecule has 5 nitrogen and oxygen atoms in total. The Hall–Kier alpha value is -1.71. The number of hydrogen-bond donors (Lipinski definition) is 1. The molecular weight excluding hydrogens is 284 g/mol. The van der Waals surface area contributed by atoms with E-state index in [1.807, 2.05) is 0 Å². The maximum Gasteiger partial charge on any atom is 0.344 e. The van der Waals surface area contributed by atoms with Crippen molar-refractivity contribution < 1.29 is 0 Å². The van der Waals surface area contributed by atoms with Gasteiger partial charge in [0.1, 0.15) is 6.07 Å². The topological polar surface area (TPSA) is 74.5 Å². The van der Waals surface area contributed by atoms with E-state index >= 15 is 0 Å². The lowest BCUT2D eigenvalue weighted by Crippen LogP contribution is -2.16. The number of benzene rings is 1. The summed E-state index contributed by atoms with van der Waals surface area (Å²) in [7, 11) is 0. The van der Waals surface area contributed by atoms with Gasteiger partial charge >= 0.3 is 5.69 Å². The Morgan fingerprint density at radius 2 is 2.32 bits per heavy atom. The van der Waals surface area contributed by atoms with Crippen molar-refractivity contribution in [3.63, 3.8) is 0 Å². The summed E-state index contributed by atoms with van der Waals surface area (Å²) in [5, 5.41) is 16.6. The second-order valence-electron chi connectivity index (χ2n) is 4.24. The van der Waals surface area contributed by atoms with E-state index in [-0.39, 0.29) is 11.7 Å². The first-order chi connectivity index (χ1) is 9.20. The summed E-state index contributed by atoms with van der Waals surface area (Å²) in [5.74, 6) is 0. The Balaban J connectivity index is 2.01. The minimum Gasteiger partial charge on any atom is -0.267 e. The van der Waals surface area contributed by atoms with Gasteiger partial charge in [0.15, 0.2) is 5.16 Å². The maximum atomic E-state index is 11.7. The average molecular weight is 293 g/mol. The Morgan fingerprint density at radius 3 is 3.00 bits per heavy atom. The molecule has 1 heterocycles. The Labute approximate surface area is 118 Å². The molecule has 2 aromatic rings. The van der Waals surface area contributed by atoms with Crippen molar-refractivity contribution in [3.05, 3.63) is 39.3 Å². The van der Waals surface area contributed by atoms with E-state index in [4.69, 9.17) is 16.9 Å². The summed E-state index contributed by atoms with van der Waals surface area (Å²) in [6, 6.07) is 7.55. The van der Waals surface area contributed by atoms with Gasteiger partial charge < -0.3 is 0 Å². The van der Waals surface area contributed by atoms with Crippen LogP contribution in [0.5, 0.6) is 0 Å². The Morgan fingerprint density at radius 1 is 1.53 bits per heavy atom. The van der Waals surface area contributed by atoms with Crippen LogP contribution in [0.15, 0.2) is 33.0 Å². The Kier molecular flexibility index (Phi) is 3.09. The van der Waals surface area contributed by atoms with Crippen LogP contribution in [0, 0.1) is 11.3 Å². The number of nitrogens with one attached hydrogen (secondary N) is 1. The molecule has 0 bridgehead atoms. The lowest BCUT2D eigenvalue weighted by Gasteiger charge is -2.05. The summed E-state index contributed by atoms with van der Waals surface area (Å²) >= 11 is 7.27. The summed E-state index contributed by atoms with van der Waals surface area (Å²) in [6.45, 7) is 0. The highest BCUT2D eigenvalue weighted by molar-refractivity contribution is 7.99. The fourth-order valence-electron chi connectivity index (χ4n) is 1.81. The summed E-state index contributed by atoms with van der Waals surface area (Å²) < 4.78 is 1.65. The molecule has 3 rings (SSSR count). The summed E-state index contributed by atoms with van der Waals surface area (Å²) in [5.41, 5.74) is 0.206. The second kappa shape index (κ2) is 4.76. The number of rotatable bonds is 3. The van der Waals surface area contributed by atoms with Gasteiger partial charge in [-0.1, -0.05) is 17.7 Å². The van der Waals surface area contributed by atoms with Crippen LogP contribution in [-0.2, 0) is 0 Å². The largest absolute Gasteiger partial charge is 0.344 e. The number of halogens is 1. The molecule has 7 heteroatoms. The smallest absolute Gasteiger partial charge is 0.267 e. The number of hydrogen-bond acceptors (Lipinski definition) is 4. The fraction of sp³-hybridized carbons (Fsp3) is 0.250. The maximum absolute atomic E-state index is 11.7. The monoisotopic (exact) mass is 292 g/mol. The highest BCUT2D eigenvalue weighted by Crippen LogP contribution is 2.38. The molecule has 1 aromatic carbocycles. The third-order valence-corrected chi connectivity index (χ3v) is 4.22. The van der Waals surface area contributed by atoms with Crippen LogP contribution in [0.4, 0.5) is 0 Å². The molecule has 1 aromatic heterocycles. The van der Waals surface area contributed by atoms with Gasteiger partial charge in [-0.3, -0.25) is 4.57 Å². The normalized spacial score (nSPS) is 14.3. The standard InChI is InChI=1S/C12H9ClN4OS/c13-9-2-1-3-10(8(9)6-14)19-12-16-15-11(18)17(12)7-4-5-7/h1-3,7H,4-5H2,(H,15,18). The molecule has 96 valence electrons. The van der Waals surface area contributed by atoms with Crippen molar-refractivity contribution >= 4 is 23.4 Å². The van der Waals surface area contributed by atoms with Crippen LogP contribution in [0.2, 0.25) is 5.02 Å². The van der Waals surface area contributed by atoms with Crippen LogP contribution < -0.4 is 5.69 Å². The predicted molar refractivity (Wildman–Crippen MR) is 71.4 cm³/mol. The minimum atomic E-state index is -0.203. The molecule has 1 fully saturated rings. The molecule has 1 saturated carbocycles. The van der Waals surface area contributed by atoms with Crippen molar-refractivity contribution in [2.45, 2.75) is 28.9 Å². The van der Waals surface area contributed by atoms with Gasteiger partial charge in [0.2, 0.25) is 0 Å². The third kappa shape index (κ3) is 2.27. The third-order valence-electron chi connectivity index (χ3n) is 2.87. The molecule has 1 N–H and O–H groups in total. The van der Waals surface area contributed by atoms with E-state index in [2.05, 4.69) is 16.3 Å². The zero-order chi connectivity index (χ0) is 13.4. The highest BCUT2D eigenvalue weighted by atomic mass is 35.5. The minimum absolute atomic E-state index is 0.203. The van der Waals surface area contributed by atoms with Crippen LogP contribution in [0.25, 0.3) is 0 Å². The van der Waals surface area contributed by atoms with E-state index in [1.165, 1.54) is 11.8 Å². The van der Waals surface area contributed by atoms with Crippen LogP contribution in [0.3, 0.4) is 0 Å². The molecule has 0 amide bonds. The number of aromatic nitrogens is 3. The van der Waals surface area contributed by atoms with Gasteiger partial charge in [-0.2, -0.15) is 5.26 Å². The van der Waals surface area contributed by atoms with Crippen LogP contribution in [-0.4, -0.2) is 14.8 Å². The molecule has 0 radical (unpaired) electrons. The van der Waals surface area contributed by atoms with E-state index < -0.39 is 0 Å². The van der Waals surface area contributed by atoms with Crippen molar-refractivity contribution in [2.75, 3.05) is 0 Å². The molecule has 1 aliphatic rings. The van der Waals surface area contributed by atoms with Crippen molar-refractivity contribution in [1.82, 2.24) is 14.8 Å². The average Bonchev–Trinajstić information content (AvgIpc) is 3.15. The SMILES string of the molecule is N#Cc1c(Cl)cccc1Sc1n[nH]c(=O)n1C1CC1. The molecular formula is C12H9ClN4OS. The van der Waals surface area contributed by atoms with Gasteiger partial charge in [-0.15, -0.1) is 5.10 Å². The number of H-pyrrole nitrogens is 1. The molecule has 0 spiro atoms. The van der Waals surface area contributed by atoms with E-state index in [9.17, 15) is 4.79 Å². The first kappa shape index (κ1) is 12.3. The number of nitrogens with zero attached hydrogens (tertiary/aromatic N) is 3.